The van der Waals surface area contributed by atoms with Gasteiger partial charge in [0.25, 0.3) is 5.91 Å². The van der Waals surface area contributed by atoms with Crippen LogP contribution in [0.1, 0.15) is 17.3 Å². The average molecular weight is 224 g/mol. The van der Waals surface area contributed by atoms with E-state index in [1.54, 1.807) is 0 Å². The first-order valence-electron chi connectivity index (χ1n) is 4.55. The Morgan fingerprint density at radius 3 is 2.56 bits per heavy atom. The molecular weight excluding hydrogens is 212 g/mol. The first-order chi connectivity index (χ1) is 7.54. The van der Waals surface area contributed by atoms with Crippen molar-refractivity contribution in [3.8, 4) is 5.88 Å². The summed E-state index contributed by atoms with van der Waals surface area (Å²) in [7, 11) is 1.47. The number of nitrogens with zero attached hydrogens (tertiary/aromatic N) is 1. The lowest BCUT2D eigenvalue weighted by atomic mass is 10.3. The Balaban J connectivity index is 2.69. The number of methoxy groups -OCH3 is 1. The Hall–Kier alpha value is -2.11. The van der Waals surface area contributed by atoms with Crippen LogP contribution in [-0.4, -0.2) is 30.1 Å². The van der Waals surface area contributed by atoms with Gasteiger partial charge in [-0.05, 0) is 13.0 Å². The van der Waals surface area contributed by atoms with E-state index in [1.807, 2.05) is 0 Å². The van der Waals surface area contributed by atoms with Crippen LogP contribution in [0.4, 0.5) is 0 Å². The van der Waals surface area contributed by atoms with Crippen molar-refractivity contribution in [2.75, 3.05) is 7.11 Å². The molecule has 6 nitrogen and oxygen atoms in total. The summed E-state index contributed by atoms with van der Waals surface area (Å²) >= 11 is 0. The lowest BCUT2D eigenvalue weighted by Gasteiger charge is -2.09. The van der Waals surface area contributed by atoms with Gasteiger partial charge in [0.05, 0.1) is 12.7 Å². The Labute approximate surface area is 92.4 Å². The van der Waals surface area contributed by atoms with E-state index in [0.717, 1.165) is 0 Å². The van der Waals surface area contributed by atoms with Crippen molar-refractivity contribution < 1.29 is 19.1 Å². The summed E-state index contributed by atoms with van der Waals surface area (Å²) in [5, 5.41) is 0. The molecule has 6 heteroatoms. The van der Waals surface area contributed by atoms with Crippen molar-refractivity contribution in [3.63, 3.8) is 0 Å². The number of hydrogen-bond acceptors (Lipinski definition) is 5. The smallest absolute Gasteiger partial charge is 0.340 e. The van der Waals surface area contributed by atoms with Gasteiger partial charge in [-0.2, -0.15) is 0 Å². The number of hydrogen-bond donors (Lipinski definition) is 1. The van der Waals surface area contributed by atoms with Gasteiger partial charge in [-0.25, -0.2) is 9.78 Å². The van der Waals surface area contributed by atoms with E-state index in [-0.39, 0.29) is 5.56 Å². The molecule has 2 N–H and O–H groups in total. The number of amides is 1. The van der Waals surface area contributed by atoms with Crippen LogP contribution in [0, 0.1) is 0 Å². The number of carbonyl (C=O) groups is 2. The fraction of sp³-hybridized carbons (Fsp3) is 0.300. The van der Waals surface area contributed by atoms with Crippen LogP contribution in [0.25, 0.3) is 0 Å². The number of pyridine rings is 1. The molecule has 1 atom stereocenters. The molecule has 0 saturated carbocycles. The predicted octanol–water partition coefficient (Wildman–Crippen LogP) is 0.121. The lowest BCUT2D eigenvalue weighted by Crippen LogP contribution is -2.30. The van der Waals surface area contributed by atoms with Crippen LogP contribution in [0.5, 0.6) is 5.88 Å². The fourth-order valence-electron chi connectivity index (χ4n) is 0.908. The second-order valence-electron chi connectivity index (χ2n) is 3.04. The van der Waals surface area contributed by atoms with Gasteiger partial charge in [0.2, 0.25) is 5.88 Å². The molecule has 1 rings (SSSR count). The van der Waals surface area contributed by atoms with Gasteiger partial charge in [-0.1, -0.05) is 0 Å². The molecule has 1 aromatic heterocycles. The van der Waals surface area contributed by atoms with Gasteiger partial charge in [-0.15, -0.1) is 0 Å². The maximum atomic E-state index is 11.4. The summed E-state index contributed by atoms with van der Waals surface area (Å²) in [5.74, 6) is -0.962. The molecule has 0 bridgehead atoms. The Morgan fingerprint density at radius 1 is 1.44 bits per heavy atom. The molecule has 0 aromatic carbocycles. The summed E-state index contributed by atoms with van der Waals surface area (Å²) in [4.78, 5) is 26.0. The molecule has 0 aliphatic heterocycles. The van der Waals surface area contributed by atoms with Gasteiger partial charge in [-0.3, -0.25) is 4.79 Å². The third-order valence-corrected chi connectivity index (χ3v) is 1.87. The molecule has 0 radical (unpaired) electrons. The minimum Gasteiger partial charge on any atom is -0.481 e. The van der Waals surface area contributed by atoms with Gasteiger partial charge in [0.15, 0.2) is 6.10 Å². The Bertz CT molecular complexity index is 388. The van der Waals surface area contributed by atoms with E-state index >= 15 is 0 Å². The molecule has 16 heavy (non-hydrogen) atoms. The van der Waals surface area contributed by atoms with E-state index in [4.69, 9.17) is 15.2 Å². The van der Waals surface area contributed by atoms with Crippen molar-refractivity contribution >= 4 is 11.9 Å². The van der Waals surface area contributed by atoms with Gasteiger partial charge >= 0.3 is 5.97 Å². The molecular formula is C10H12N2O4. The maximum absolute atomic E-state index is 11.4. The van der Waals surface area contributed by atoms with Crippen molar-refractivity contribution in [1.82, 2.24) is 4.98 Å². The highest BCUT2D eigenvalue weighted by molar-refractivity contribution is 5.91. The number of nitrogens with two attached hydrogens (primary N) is 1. The molecule has 0 saturated heterocycles. The Kier molecular flexibility index (Phi) is 3.82. The molecule has 0 fully saturated rings. The molecule has 0 spiro atoms. The number of carbonyl (C=O) groups excluding carboxylic acids is 2. The number of ether oxygens (including phenoxy) is 2. The van der Waals surface area contributed by atoms with Crippen molar-refractivity contribution in [1.29, 1.82) is 0 Å². The normalized spacial score (nSPS) is 11.6. The first kappa shape index (κ1) is 12.0. The summed E-state index contributed by atoms with van der Waals surface area (Å²) in [6.07, 6.45) is 0.337. The molecule has 0 unspecified atom stereocenters. The summed E-state index contributed by atoms with van der Waals surface area (Å²) in [6.45, 7) is 1.40. The highest BCUT2D eigenvalue weighted by atomic mass is 16.5. The Morgan fingerprint density at radius 2 is 2.12 bits per heavy atom. The standard InChI is InChI=1S/C10H12N2O4/c1-6(9(11)13)16-10(14)7-3-4-8(15-2)12-5-7/h3-6H,1-2H3,(H2,11,13)/t6-/m1/s1. The minimum atomic E-state index is -0.963. The van der Waals surface area contributed by atoms with Crippen LogP contribution >= 0.6 is 0 Å². The van der Waals surface area contributed by atoms with Crippen LogP contribution in [0.2, 0.25) is 0 Å². The van der Waals surface area contributed by atoms with Gasteiger partial charge in [0.1, 0.15) is 0 Å². The number of primary amides is 1. The van der Waals surface area contributed by atoms with Crippen molar-refractivity contribution in [2.24, 2.45) is 5.73 Å². The van der Waals surface area contributed by atoms with Crippen LogP contribution in [0.15, 0.2) is 18.3 Å². The lowest BCUT2D eigenvalue weighted by molar-refractivity contribution is -0.125. The second kappa shape index (κ2) is 5.11. The van der Waals surface area contributed by atoms with Crippen molar-refractivity contribution in [2.45, 2.75) is 13.0 Å². The topological polar surface area (TPSA) is 91.5 Å². The quantitative estimate of drug-likeness (QED) is 0.733. The number of rotatable bonds is 4. The maximum Gasteiger partial charge on any atom is 0.340 e. The molecule has 86 valence electrons. The third-order valence-electron chi connectivity index (χ3n) is 1.87. The highest BCUT2D eigenvalue weighted by Crippen LogP contribution is 2.08. The summed E-state index contributed by atoms with van der Waals surface area (Å²) in [6, 6.07) is 3.01. The zero-order chi connectivity index (χ0) is 12.1. The van der Waals surface area contributed by atoms with E-state index in [1.165, 1.54) is 32.4 Å². The van der Waals surface area contributed by atoms with E-state index in [2.05, 4.69) is 4.98 Å². The first-order valence-corrected chi connectivity index (χ1v) is 4.55. The third kappa shape index (κ3) is 2.94. The van der Waals surface area contributed by atoms with Crippen LogP contribution < -0.4 is 10.5 Å². The highest BCUT2D eigenvalue weighted by Gasteiger charge is 2.16. The monoisotopic (exact) mass is 224 g/mol. The van der Waals surface area contributed by atoms with Crippen molar-refractivity contribution in [3.05, 3.63) is 23.9 Å². The molecule has 0 aliphatic carbocycles. The summed E-state index contributed by atoms with van der Waals surface area (Å²) in [5.41, 5.74) is 5.19. The predicted molar refractivity (Wildman–Crippen MR) is 54.9 cm³/mol. The molecule has 1 amide bonds. The second-order valence-corrected chi connectivity index (χ2v) is 3.04. The van der Waals surface area contributed by atoms with Gasteiger partial charge < -0.3 is 15.2 Å². The zero-order valence-corrected chi connectivity index (χ0v) is 8.97. The summed E-state index contributed by atoms with van der Waals surface area (Å²) < 4.78 is 9.61. The zero-order valence-electron chi connectivity index (χ0n) is 8.97. The molecule has 0 aliphatic rings. The SMILES string of the molecule is COc1ccc(C(=O)O[C@H](C)C(N)=O)cn1. The van der Waals surface area contributed by atoms with Crippen LogP contribution in [-0.2, 0) is 9.53 Å². The number of esters is 1. The fourth-order valence-corrected chi connectivity index (χ4v) is 0.908. The molecule has 1 aromatic rings. The van der Waals surface area contributed by atoms with Crippen LogP contribution in [0.3, 0.4) is 0 Å². The number of aromatic nitrogens is 1. The van der Waals surface area contributed by atoms with E-state index < -0.39 is 18.0 Å². The molecule has 1 heterocycles. The van der Waals surface area contributed by atoms with Gasteiger partial charge in [0, 0.05) is 12.3 Å². The largest absolute Gasteiger partial charge is 0.481 e. The average Bonchev–Trinajstić information content (AvgIpc) is 2.28. The minimum absolute atomic E-state index is 0.230. The van der Waals surface area contributed by atoms with E-state index in [9.17, 15) is 9.59 Å². The van der Waals surface area contributed by atoms with E-state index in [0.29, 0.717) is 5.88 Å².